The molecule has 0 spiro atoms. The second-order valence-electron chi connectivity index (χ2n) is 16.9. The van der Waals surface area contributed by atoms with Crippen molar-refractivity contribution in [3.05, 3.63) is 92.7 Å². The van der Waals surface area contributed by atoms with Crippen LogP contribution < -0.4 is 10.1 Å². The monoisotopic (exact) mass is 828 g/mol. The Labute approximate surface area is 349 Å². The van der Waals surface area contributed by atoms with Gasteiger partial charge in [0, 0.05) is 73.8 Å². The van der Waals surface area contributed by atoms with Crippen LogP contribution in [0.1, 0.15) is 104 Å². The molecule has 13 heteroatoms. The SMILES string of the molecule is COc1cc(/C(F)=C/c2cccc(-c3cccc(NC(=O)c4nc5c(n4C)CCN(CCC46CCC(C(=O)O)(CC4)C6)C5)c3Cl)c2Cl)ncc1CN1CCCC[C@H]1C. The first-order chi connectivity index (χ1) is 27.9. The van der Waals surface area contributed by atoms with E-state index in [1.165, 1.54) is 12.5 Å². The highest BCUT2D eigenvalue weighted by Crippen LogP contribution is 2.63. The molecule has 2 N–H and O–H groups in total. The van der Waals surface area contributed by atoms with E-state index in [1.807, 2.05) is 23.7 Å². The molecule has 4 aromatic rings. The van der Waals surface area contributed by atoms with Gasteiger partial charge in [-0.3, -0.25) is 24.4 Å². The van der Waals surface area contributed by atoms with Gasteiger partial charge in [0.15, 0.2) is 5.82 Å². The van der Waals surface area contributed by atoms with Crippen LogP contribution in [-0.2, 0) is 31.4 Å². The summed E-state index contributed by atoms with van der Waals surface area (Å²) in [4.78, 5) is 39.7. The molecule has 58 heavy (non-hydrogen) atoms. The van der Waals surface area contributed by atoms with E-state index in [2.05, 4.69) is 27.0 Å². The molecule has 4 aliphatic rings. The van der Waals surface area contributed by atoms with Gasteiger partial charge in [0.05, 0.1) is 34.0 Å². The first kappa shape index (κ1) is 40.5. The van der Waals surface area contributed by atoms with E-state index in [4.69, 9.17) is 32.9 Å². The van der Waals surface area contributed by atoms with Crippen LogP contribution >= 0.6 is 23.2 Å². The Morgan fingerprint density at radius 1 is 1.07 bits per heavy atom. The molecule has 1 amide bonds. The van der Waals surface area contributed by atoms with Crippen LogP contribution in [0.4, 0.5) is 10.1 Å². The minimum absolute atomic E-state index is 0.129. The zero-order chi connectivity index (χ0) is 40.8. The molecule has 2 saturated carbocycles. The molecule has 3 fully saturated rings. The molecule has 4 heterocycles. The number of carbonyl (C=O) groups is 2. The average molecular weight is 830 g/mol. The summed E-state index contributed by atoms with van der Waals surface area (Å²) in [5, 5.41) is 13.4. The number of amides is 1. The van der Waals surface area contributed by atoms with E-state index in [1.54, 1.807) is 43.6 Å². The number of carbonyl (C=O) groups excluding carboxylic acids is 1. The molecule has 0 radical (unpaired) electrons. The van der Waals surface area contributed by atoms with Crippen LogP contribution in [0.2, 0.25) is 10.0 Å². The fourth-order valence-electron chi connectivity index (χ4n) is 9.94. The van der Waals surface area contributed by atoms with Gasteiger partial charge in [-0.05, 0) is 94.5 Å². The Hall–Kier alpha value is -4.29. The van der Waals surface area contributed by atoms with Crippen molar-refractivity contribution in [3.63, 3.8) is 0 Å². The number of methoxy groups -OCH3 is 1. The number of ether oxygens (including phenoxy) is 1. The zero-order valence-corrected chi connectivity index (χ0v) is 34.9. The molecule has 1 atom stereocenters. The third-order valence-corrected chi connectivity index (χ3v) is 14.3. The molecular weight excluding hydrogens is 778 g/mol. The van der Waals surface area contributed by atoms with Crippen LogP contribution in [0.15, 0.2) is 48.7 Å². The minimum Gasteiger partial charge on any atom is -0.496 e. The number of likely N-dealkylation sites (tertiary alicyclic amines) is 1. The molecule has 1 saturated heterocycles. The first-order valence-corrected chi connectivity index (χ1v) is 21.2. The Balaban J connectivity index is 0.949. The largest absolute Gasteiger partial charge is 0.496 e. The van der Waals surface area contributed by atoms with Gasteiger partial charge >= 0.3 is 5.97 Å². The molecule has 2 bridgehead atoms. The number of piperidine rings is 1. The van der Waals surface area contributed by atoms with Gasteiger partial charge in [0.25, 0.3) is 5.91 Å². The zero-order valence-electron chi connectivity index (χ0n) is 33.4. The van der Waals surface area contributed by atoms with Crippen LogP contribution in [0.5, 0.6) is 5.75 Å². The van der Waals surface area contributed by atoms with Gasteiger partial charge in [-0.1, -0.05) is 60.0 Å². The van der Waals surface area contributed by atoms with Gasteiger partial charge < -0.3 is 19.7 Å². The molecule has 8 rings (SSSR count). The van der Waals surface area contributed by atoms with Crippen molar-refractivity contribution < 1.29 is 23.8 Å². The molecule has 0 unspecified atom stereocenters. The van der Waals surface area contributed by atoms with Crippen LogP contribution in [0.25, 0.3) is 23.0 Å². The summed E-state index contributed by atoms with van der Waals surface area (Å²) in [6.45, 7) is 6.33. The van der Waals surface area contributed by atoms with Crippen LogP contribution in [-0.4, -0.2) is 74.1 Å². The molecule has 2 aromatic heterocycles. The maximum atomic E-state index is 15.8. The Morgan fingerprint density at radius 2 is 1.83 bits per heavy atom. The summed E-state index contributed by atoms with van der Waals surface area (Å²) in [5.74, 6) is -0.687. The fraction of sp³-hybridized carbons (Fsp3) is 0.467. The average Bonchev–Trinajstić information content (AvgIpc) is 3.91. The topological polar surface area (TPSA) is 113 Å². The number of fused-ring (bicyclic) bond motifs is 3. The number of imidazole rings is 1. The van der Waals surface area contributed by atoms with Gasteiger partial charge in [-0.2, -0.15) is 0 Å². The number of nitrogens with zero attached hydrogens (tertiary/aromatic N) is 5. The summed E-state index contributed by atoms with van der Waals surface area (Å²) in [6.07, 6.45) is 12.7. The van der Waals surface area contributed by atoms with E-state index < -0.39 is 17.2 Å². The maximum absolute atomic E-state index is 15.8. The Bertz CT molecular complexity index is 2270. The van der Waals surface area contributed by atoms with E-state index in [-0.39, 0.29) is 17.0 Å². The lowest BCUT2D eigenvalue weighted by molar-refractivity contribution is -0.148. The number of hydrogen-bond acceptors (Lipinski definition) is 7. The summed E-state index contributed by atoms with van der Waals surface area (Å²) >= 11 is 13.9. The lowest BCUT2D eigenvalue weighted by Gasteiger charge is -2.33. The van der Waals surface area contributed by atoms with Gasteiger partial charge in [-0.15, -0.1) is 0 Å². The molecule has 306 valence electrons. The number of benzene rings is 2. The highest BCUT2D eigenvalue weighted by atomic mass is 35.5. The van der Waals surface area contributed by atoms with Crippen LogP contribution in [0.3, 0.4) is 0 Å². The number of halogens is 3. The predicted octanol–water partition coefficient (Wildman–Crippen LogP) is 9.68. The van der Waals surface area contributed by atoms with Crippen molar-refractivity contribution in [2.75, 3.05) is 32.1 Å². The second kappa shape index (κ2) is 16.4. The number of nitrogens with one attached hydrogen (secondary N) is 1. The van der Waals surface area contributed by atoms with Crippen molar-refractivity contribution in [1.82, 2.24) is 24.3 Å². The molecule has 2 aliphatic carbocycles. The molecule has 2 aliphatic heterocycles. The Kier molecular flexibility index (Phi) is 11.4. The van der Waals surface area contributed by atoms with E-state index >= 15 is 4.39 Å². The van der Waals surface area contributed by atoms with E-state index in [0.29, 0.717) is 63.1 Å². The van der Waals surface area contributed by atoms with Gasteiger partial charge in [0.1, 0.15) is 17.3 Å². The number of anilines is 1. The lowest BCUT2D eigenvalue weighted by Crippen LogP contribution is -2.36. The smallest absolute Gasteiger partial charge is 0.309 e. The first-order valence-electron chi connectivity index (χ1n) is 20.4. The number of hydrogen-bond donors (Lipinski definition) is 2. The summed E-state index contributed by atoms with van der Waals surface area (Å²) in [7, 11) is 3.45. The lowest BCUT2D eigenvalue weighted by atomic mass is 9.80. The summed E-state index contributed by atoms with van der Waals surface area (Å²) < 4.78 is 23.4. The molecule has 10 nitrogen and oxygen atoms in total. The van der Waals surface area contributed by atoms with Gasteiger partial charge in [-0.25, -0.2) is 9.37 Å². The predicted molar refractivity (Wildman–Crippen MR) is 226 cm³/mol. The minimum atomic E-state index is -0.630. The highest BCUT2D eigenvalue weighted by molar-refractivity contribution is 6.39. The highest BCUT2D eigenvalue weighted by Gasteiger charge is 2.57. The van der Waals surface area contributed by atoms with Gasteiger partial charge in [0.2, 0.25) is 0 Å². The summed E-state index contributed by atoms with van der Waals surface area (Å²) in [6, 6.07) is 12.7. The number of pyridine rings is 1. The molecular formula is C45H51Cl2FN6O4. The van der Waals surface area contributed by atoms with E-state index in [9.17, 15) is 14.7 Å². The number of aromatic nitrogens is 3. The Morgan fingerprint density at radius 3 is 2.55 bits per heavy atom. The normalized spacial score (nSPS) is 23.6. The van der Waals surface area contributed by atoms with Crippen molar-refractivity contribution in [1.29, 1.82) is 0 Å². The maximum Gasteiger partial charge on any atom is 0.309 e. The summed E-state index contributed by atoms with van der Waals surface area (Å²) in [5.41, 5.74) is 4.60. The third-order valence-electron chi connectivity index (χ3n) is 13.5. The van der Waals surface area contributed by atoms with Crippen molar-refractivity contribution in [2.45, 2.75) is 90.3 Å². The van der Waals surface area contributed by atoms with Crippen molar-refractivity contribution in [2.24, 2.45) is 17.9 Å². The molecule has 2 aromatic carbocycles. The number of carboxylic acids is 1. The van der Waals surface area contributed by atoms with Crippen molar-refractivity contribution >= 4 is 52.7 Å². The quantitative estimate of drug-likeness (QED) is 0.145. The number of rotatable bonds is 12. The number of carboxylic acid groups (broad SMARTS) is 1. The second-order valence-corrected chi connectivity index (χ2v) is 17.7. The van der Waals surface area contributed by atoms with Crippen molar-refractivity contribution in [3.8, 4) is 16.9 Å². The standard InChI is InChI=1S/C45H51Cl2FN6O4/c1-28-8-4-5-19-54(28)25-30-24-49-35(23-38(30)58-3)33(48)22-29-9-6-10-31(39(29)46)32-11-7-12-34(40(32)47)51-42(55)41-50-36-26-53(20-13-37(36)52(41)2)21-18-44-14-16-45(27-44,17-15-44)43(56)57/h6-7,9-12,22-24,28H,4-5,8,13-21,25-27H2,1-3H3,(H,51,55)(H,56,57)/b33-22-/t28-,44?,45?/m1/s1. The van der Waals surface area contributed by atoms with Crippen LogP contribution in [0, 0.1) is 10.8 Å². The van der Waals surface area contributed by atoms with E-state index in [0.717, 1.165) is 94.4 Å². The third kappa shape index (κ3) is 7.78. The number of aliphatic carboxylic acids is 1. The fourth-order valence-corrected chi connectivity index (χ4v) is 10.5.